The third-order valence-electron chi connectivity index (χ3n) is 3.98. The first kappa shape index (κ1) is 16.4. The summed E-state index contributed by atoms with van der Waals surface area (Å²) in [7, 11) is 3.97. The molecule has 0 bridgehead atoms. The first-order valence-electron chi connectivity index (χ1n) is 7.40. The largest absolute Gasteiger partial charge is 0.334 e. The van der Waals surface area contributed by atoms with E-state index in [1.165, 1.54) is 6.07 Å². The third kappa shape index (κ3) is 4.27. The Morgan fingerprint density at radius 3 is 2.52 bits per heavy atom. The van der Waals surface area contributed by atoms with Gasteiger partial charge in [0, 0.05) is 23.6 Å². The predicted molar refractivity (Wildman–Crippen MR) is 85.9 cm³/mol. The fraction of sp³-hybridized carbons (Fsp3) is 0.562. The Hall–Kier alpha value is -0.940. The lowest BCUT2D eigenvalue weighted by molar-refractivity contribution is 0.0663. The van der Waals surface area contributed by atoms with Crippen LogP contribution in [0.3, 0.4) is 0 Å². The second-order valence-electron chi connectivity index (χ2n) is 5.86. The van der Waals surface area contributed by atoms with E-state index in [1.54, 1.807) is 12.1 Å². The highest BCUT2D eigenvalue weighted by Gasteiger charge is 2.28. The molecule has 1 saturated carbocycles. The summed E-state index contributed by atoms with van der Waals surface area (Å²) in [6.45, 7) is 1.44. The molecule has 1 aromatic carbocycles. The second-order valence-corrected chi connectivity index (χ2v) is 6.78. The Bertz CT molecular complexity index is 501. The maximum absolute atomic E-state index is 14.1. The number of rotatable bonds is 5. The molecular formula is C16H22BrFN2O. The van der Waals surface area contributed by atoms with Gasteiger partial charge in [-0.1, -0.05) is 28.8 Å². The van der Waals surface area contributed by atoms with Gasteiger partial charge in [0.25, 0.3) is 5.91 Å². The first-order valence-corrected chi connectivity index (χ1v) is 8.19. The van der Waals surface area contributed by atoms with E-state index in [0.717, 1.165) is 32.2 Å². The van der Waals surface area contributed by atoms with E-state index in [0.29, 0.717) is 11.0 Å². The van der Waals surface area contributed by atoms with Crippen LogP contribution in [0, 0.1) is 5.82 Å². The van der Waals surface area contributed by atoms with Crippen LogP contribution in [0.5, 0.6) is 0 Å². The number of amides is 1. The van der Waals surface area contributed by atoms with Gasteiger partial charge < -0.3 is 9.80 Å². The van der Waals surface area contributed by atoms with Crippen molar-refractivity contribution in [1.82, 2.24) is 9.80 Å². The predicted octanol–water partition coefficient (Wildman–Crippen LogP) is 3.53. The molecule has 0 saturated heterocycles. The highest BCUT2D eigenvalue weighted by atomic mass is 79.9. The Morgan fingerprint density at radius 2 is 1.95 bits per heavy atom. The van der Waals surface area contributed by atoms with E-state index in [-0.39, 0.29) is 17.5 Å². The van der Waals surface area contributed by atoms with Crippen molar-refractivity contribution in [2.45, 2.75) is 31.7 Å². The highest BCUT2D eigenvalue weighted by Crippen LogP contribution is 2.26. The summed E-state index contributed by atoms with van der Waals surface area (Å²) in [6.07, 6.45) is 4.35. The van der Waals surface area contributed by atoms with E-state index in [2.05, 4.69) is 15.9 Å². The summed E-state index contributed by atoms with van der Waals surface area (Å²) in [5.41, 5.74) is 0.170. The normalized spacial score (nSPS) is 15.7. The van der Waals surface area contributed by atoms with Crippen molar-refractivity contribution in [3.8, 4) is 0 Å². The van der Waals surface area contributed by atoms with Crippen LogP contribution in [0.25, 0.3) is 0 Å². The maximum Gasteiger partial charge on any atom is 0.257 e. The van der Waals surface area contributed by atoms with E-state index in [9.17, 15) is 9.18 Å². The molecule has 0 radical (unpaired) electrons. The maximum atomic E-state index is 14.1. The average molecular weight is 357 g/mol. The Balaban J connectivity index is 2.19. The number of hydrogen-bond acceptors (Lipinski definition) is 2. The van der Waals surface area contributed by atoms with Gasteiger partial charge >= 0.3 is 0 Å². The Morgan fingerprint density at radius 1 is 1.29 bits per heavy atom. The number of nitrogens with zero attached hydrogens (tertiary/aromatic N) is 2. The summed E-state index contributed by atoms with van der Waals surface area (Å²) in [5, 5.41) is 0. The zero-order chi connectivity index (χ0) is 15.4. The Labute approximate surface area is 134 Å². The highest BCUT2D eigenvalue weighted by molar-refractivity contribution is 9.10. The lowest BCUT2D eigenvalue weighted by atomic mass is 10.1. The molecule has 0 spiro atoms. The molecule has 0 aromatic heterocycles. The second kappa shape index (κ2) is 7.36. The van der Waals surface area contributed by atoms with Crippen LogP contribution in [0.15, 0.2) is 22.7 Å². The summed E-state index contributed by atoms with van der Waals surface area (Å²) >= 11 is 3.23. The summed E-state index contributed by atoms with van der Waals surface area (Å²) in [4.78, 5) is 16.6. The molecule has 3 nitrogen and oxygen atoms in total. The Kier molecular flexibility index (Phi) is 5.76. The topological polar surface area (TPSA) is 23.6 Å². The molecule has 0 heterocycles. The fourth-order valence-electron chi connectivity index (χ4n) is 2.79. The number of halogens is 2. The van der Waals surface area contributed by atoms with Gasteiger partial charge in [0.2, 0.25) is 0 Å². The first-order chi connectivity index (χ1) is 9.99. The number of benzene rings is 1. The van der Waals surface area contributed by atoms with Gasteiger partial charge in [0.05, 0.1) is 5.56 Å². The van der Waals surface area contributed by atoms with Crippen LogP contribution in [0.2, 0.25) is 0 Å². The summed E-state index contributed by atoms with van der Waals surface area (Å²) < 4.78 is 14.7. The van der Waals surface area contributed by atoms with Crippen molar-refractivity contribution in [1.29, 1.82) is 0 Å². The van der Waals surface area contributed by atoms with Crippen molar-refractivity contribution >= 4 is 21.8 Å². The standard InChI is InChI=1S/C16H22BrFN2O/c1-19(2)9-10-20(13-5-3-4-6-13)16(21)14-8-7-12(17)11-15(14)18/h7-8,11,13H,3-6,9-10H2,1-2H3. The molecule has 0 N–H and O–H groups in total. The SMILES string of the molecule is CN(C)CCN(C(=O)c1ccc(Br)cc1F)C1CCCC1. The van der Waals surface area contributed by atoms with Crippen molar-refractivity contribution in [2.75, 3.05) is 27.2 Å². The van der Waals surface area contributed by atoms with Crippen molar-refractivity contribution in [2.24, 2.45) is 0 Å². The average Bonchev–Trinajstić information content (AvgIpc) is 2.92. The minimum Gasteiger partial charge on any atom is -0.334 e. The molecule has 1 aliphatic rings. The number of likely N-dealkylation sites (N-methyl/N-ethyl adjacent to an activating group) is 1. The molecule has 21 heavy (non-hydrogen) atoms. The monoisotopic (exact) mass is 356 g/mol. The zero-order valence-corrected chi connectivity index (χ0v) is 14.2. The zero-order valence-electron chi connectivity index (χ0n) is 12.6. The van der Waals surface area contributed by atoms with Crippen molar-refractivity contribution < 1.29 is 9.18 Å². The van der Waals surface area contributed by atoms with E-state index in [1.807, 2.05) is 23.9 Å². The molecule has 0 atom stereocenters. The van der Waals surface area contributed by atoms with Gasteiger partial charge in [-0.05, 0) is 45.1 Å². The minimum absolute atomic E-state index is 0.170. The van der Waals surface area contributed by atoms with E-state index < -0.39 is 5.82 Å². The summed E-state index contributed by atoms with van der Waals surface area (Å²) in [5.74, 6) is -0.643. The lowest BCUT2D eigenvalue weighted by Gasteiger charge is -2.30. The van der Waals surface area contributed by atoms with Gasteiger partial charge in [-0.15, -0.1) is 0 Å². The van der Waals surface area contributed by atoms with Crippen LogP contribution >= 0.6 is 15.9 Å². The van der Waals surface area contributed by atoms with Crippen LogP contribution in [0.4, 0.5) is 4.39 Å². The molecule has 1 amide bonds. The van der Waals surface area contributed by atoms with Crippen molar-refractivity contribution in [3.63, 3.8) is 0 Å². The molecule has 116 valence electrons. The van der Waals surface area contributed by atoms with Crippen LogP contribution < -0.4 is 0 Å². The number of carbonyl (C=O) groups is 1. The van der Waals surface area contributed by atoms with Crippen LogP contribution in [-0.2, 0) is 0 Å². The third-order valence-corrected chi connectivity index (χ3v) is 4.47. The van der Waals surface area contributed by atoms with Crippen molar-refractivity contribution in [3.05, 3.63) is 34.1 Å². The van der Waals surface area contributed by atoms with E-state index >= 15 is 0 Å². The number of hydrogen-bond donors (Lipinski definition) is 0. The quantitative estimate of drug-likeness (QED) is 0.805. The van der Waals surface area contributed by atoms with Gasteiger partial charge in [-0.25, -0.2) is 4.39 Å². The smallest absolute Gasteiger partial charge is 0.257 e. The molecule has 1 aliphatic carbocycles. The molecular weight excluding hydrogens is 335 g/mol. The molecule has 2 rings (SSSR count). The van der Waals surface area contributed by atoms with Gasteiger partial charge in [-0.3, -0.25) is 4.79 Å². The summed E-state index contributed by atoms with van der Waals surface area (Å²) in [6, 6.07) is 4.89. The number of carbonyl (C=O) groups excluding carboxylic acids is 1. The molecule has 5 heteroatoms. The molecule has 0 aliphatic heterocycles. The van der Waals surface area contributed by atoms with Crippen LogP contribution in [-0.4, -0.2) is 48.9 Å². The lowest BCUT2D eigenvalue weighted by Crippen LogP contribution is -2.43. The molecule has 1 aromatic rings. The minimum atomic E-state index is -0.456. The molecule has 0 unspecified atom stereocenters. The fourth-order valence-corrected chi connectivity index (χ4v) is 3.12. The van der Waals surface area contributed by atoms with E-state index in [4.69, 9.17) is 0 Å². The molecule has 1 fully saturated rings. The van der Waals surface area contributed by atoms with Gasteiger partial charge in [-0.2, -0.15) is 0 Å². The van der Waals surface area contributed by atoms with Crippen LogP contribution in [0.1, 0.15) is 36.0 Å². The van der Waals surface area contributed by atoms with Gasteiger partial charge in [0.1, 0.15) is 5.82 Å². The van der Waals surface area contributed by atoms with Gasteiger partial charge in [0.15, 0.2) is 0 Å².